The van der Waals surface area contributed by atoms with Crippen molar-refractivity contribution in [3.63, 3.8) is 0 Å². The van der Waals surface area contributed by atoms with Gasteiger partial charge in [0.25, 0.3) is 0 Å². The predicted molar refractivity (Wildman–Crippen MR) is 96.9 cm³/mol. The molecule has 1 aliphatic rings. The minimum atomic E-state index is -4.53. The van der Waals surface area contributed by atoms with Crippen molar-refractivity contribution < 1.29 is 17.9 Å². The summed E-state index contributed by atoms with van der Waals surface area (Å²) in [5.74, 6) is 0. The molecular formula is C19H20F3N3O2. The van der Waals surface area contributed by atoms with Crippen molar-refractivity contribution in [1.82, 2.24) is 14.9 Å². The van der Waals surface area contributed by atoms with Crippen LogP contribution in [0.15, 0.2) is 35.3 Å². The number of aromatic nitrogens is 2. The third kappa shape index (κ3) is 3.23. The van der Waals surface area contributed by atoms with E-state index < -0.39 is 11.9 Å². The van der Waals surface area contributed by atoms with Gasteiger partial charge in [0.05, 0.1) is 23.7 Å². The Bertz CT molecular complexity index is 1040. The Morgan fingerprint density at radius 1 is 1.26 bits per heavy atom. The Labute approximate surface area is 153 Å². The average Bonchev–Trinajstić information content (AvgIpc) is 2.93. The van der Waals surface area contributed by atoms with Crippen molar-refractivity contribution in [1.29, 1.82) is 0 Å². The molecule has 3 aromatic rings. The number of hydrogen-bond acceptors (Lipinski definition) is 3. The number of H-pyrrole nitrogens is 1. The van der Waals surface area contributed by atoms with Crippen molar-refractivity contribution in [3.8, 4) is 0 Å². The zero-order chi connectivity index (χ0) is 19.2. The fraction of sp³-hybridized carbons (Fsp3) is 0.421. The molecule has 1 aliphatic heterocycles. The molecule has 0 radical (unpaired) electrons. The smallest absolute Gasteiger partial charge is 0.375 e. The van der Waals surface area contributed by atoms with E-state index in [-0.39, 0.29) is 23.1 Å². The summed E-state index contributed by atoms with van der Waals surface area (Å²) in [4.78, 5) is 14.2. The molecule has 5 nitrogen and oxygen atoms in total. The molecule has 2 aromatic heterocycles. The molecule has 2 N–H and O–H groups in total. The molecule has 0 spiro atoms. The third-order valence-electron chi connectivity index (χ3n) is 5.17. The number of halogens is 3. The van der Waals surface area contributed by atoms with Crippen LogP contribution >= 0.6 is 0 Å². The second kappa shape index (κ2) is 6.69. The highest BCUT2D eigenvalue weighted by Gasteiger charge is 2.35. The molecule has 0 saturated carbocycles. The first-order chi connectivity index (χ1) is 12.9. The maximum atomic E-state index is 13.6. The lowest BCUT2D eigenvalue weighted by Gasteiger charge is -2.30. The Balaban J connectivity index is 1.87. The first kappa shape index (κ1) is 18.1. The highest BCUT2D eigenvalue weighted by Crippen LogP contribution is 2.37. The van der Waals surface area contributed by atoms with Gasteiger partial charge in [-0.05, 0) is 31.5 Å². The van der Waals surface area contributed by atoms with Crippen molar-refractivity contribution >= 4 is 21.8 Å². The van der Waals surface area contributed by atoms with Crippen LogP contribution in [0.25, 0.3) is 21.8 Å². The second-order valence-electron chi connectivity index (χ2n) is 6.88. The number of fused-ring (bicyclic) bond motifs is 3. The summed E-state index contributed by atoms with van der Waals surface area (Å²) in [5.41, 5.74) is -0.450. The van der Waals surface area contributed by atoms with Crippen LogP contribution in [0.2, 0.25) is 0 Å². The Hall–Kier alpha value is -2.32. The van der Waals surface area contributed by atoms with Crippen LogP contribution in [0.1, 0.15) is 19.0 Å². The maximum Gasteiger partial charge on any atom is 0.433 e. The van der Waals surface area contributed by atoms with Crippen molar-refractivity contribution in [2.75, 3.05) is 13.2 Å². The number of aryl methyl sites for hydroxylation is 1. The second-order valence-corrected chi connectivity index (χ2v) is 6.88. The monoisotopic (exact) mass is 379 g/mol. The number of nitrogens with zero attached hydrogens (tertiary/aromatic N) is 1. The van der Waals surface area contributed by atoms with Crippen LogP contribution < -0.4 is 10.7 Å². The van der Waals surface area contributed by atoms with Gasteiger partial charge in [-0.1, -0.05) is 0 Å². The third-order valence-corrected chi connectivity index (χ3v) is 5.17. The van der Waals surface area contributed by atoms with Gasteiger partial charge in [-0.2, -0.15) is 13.2 Å². The number of ether oxygens (including phenoxy) is 1. The van der Waals surface area contributed by atoms with Crippen LogP contribution in [0.3, 0.4) is 0 Å². The molecule has 1 fully saturated rings. The molecule has 3 heterocycles. The summed E-state index contributed by atoms with van der Waals surface area (Å²) in [7, 11) is 0. The van der Waals surface area contributed by atoms with Gasteiger partial charge in [0, 0.05) is 42.2 Å². The minimum Gasteiger partial charge on any atom is -0.375 e. The van der Waals surface area contributed by atoms with Gasteiger partial charge in [-0.25, -0.2) is 0 Å². The van der Waals surface area contributed by atoms with Gasteiger partial charge >= 0.3 is 6.18 Å². The summed E-state index contributed by atoms with van der Waals surface area (Å²) in [6, 6.07) is 6.12. The van der Waals surface area contributed by atoms with E-state index >= 15 is 0 Å². The first-order valence-electron chi connectivity index (χ1n) is 8.92. The van der Waals surface area contributed by atoms with Gasteiger partial charge in [-0.15, -0.1) is 0 Å². The summed E-state index contributed by atoms with van der Waals surface area (Å²) in [6.45, 7) is 3.66. The van der Waals surface area contributed by atoms with E-state index in [1.54, 1.807) is 16.7 Å². The lowest BCUT2D eigenvalue weighted by atomic mass is 10.1. The van der Waals surface area contributed by atoms with E-state index in [0.717, 1.165) is 6.54 Å². The SMILES string of the molecule is CC1NCCOC1CCn1c2cc(=O)ccc2c2cc[nH]c(C(F)(F)F)c21. The van der Waals surface area contributed by atoms with E-state index in [0.29, 0.717) is 35.9 Å². The van der Waals surface area contributed by atoms with Crippen LogP contribution in [-0.4, -0.2) is 34.8 Å². The molecule has 0 amide bonds. The fourth-order valence-electron chi connectivity index (χ4n) is 3.88. The van der Waals surface area contributed by atoms with Crippen LogP contribution in [0, 0.1) is 0 Å². The normalized spacial score (nSPS) is 21.2. The zero-order valence-corrected chi connectivity index (χ0v) is 14.8. The lowest BCUT2D eigenvalue weighted by molar-refractivity contribution is -0.140. The molecule has 1 aromatic carbocycles. The predicted octanol–water partition coefficient (Wildman–Crippen LogP) is 3.27. The van der Waals surface area contributed by atoms with Gasteiger partial charge < -0.3 is 19.6 Å². The largest absolute Gasteiger partial charge is 0.433 e. The molecule has 0 aliphatic carbocycles. The number of alkyl halides is 3. The van der Waals surface area contributed by atoms with Gasteiger partial charge in [-0.3, -0.25) is 4.79 Å². The average molecular weight is 379 g/mol. The fourth-order valence-corrected chi connectivity index (χ4v) is 3.88. The summed E-state index contributed by atoms with van der Waals surface area (Å²) >= 11 is 0. The van der Waals surface area contributed by atoms with E-state index in [2.05, 4.69) is 10.3 Å². The molecule has 4 rings (SSSR count). The number of nitrogens with one attached hydrogen (secondary N) is 2. The van der Waals surface area contributed by atoms with Crippen molar-refractivity contribution in [3.05, 3.63) is 46.4 Å². The number of benzene rings is 1. The van der Waals surface area contributed by atoms with E-state index in [1.165, 1.54) is 18.3 Å². The Morgan fingerprint density at radius 2 is 2.07 bits per heavy atom. The van der Waals surface area contributed by atoms with Crippen molar-refractivity contribution in [2.24, 2.45) is 0 Å². The van der Waals surface area contributed by atoms with E-state index in [1.807, 2.05) is 6.92 Å². The molecule has 27 heavy (non-hydrogen) atoms. The number of rotatable bonds is 3. The molecule has 2 unspecified atom stereocenters. The molecule has 2 atom stereocenters. The molecule has 144 valence electrons. The van der Waals surface area contributed by atoms with Crippen LogP contribution in [0.5, 0.6) is 0 Å². The Morgan fingerprint density at radius 3 is 2.81 bits per heavy atom. The molecule has 0 bridgehead atoms. The van der Waals surface area contributed by atoms with Gasteiger partial charge in [0.15, 0.2) is 5.43 Å². The summed E-state index contributed by atoms with van der Waals surface area (Å²) in [5, 5.41) is 4.43. The van der Waals surface area contributed by atoms with E-state index in [9.17, 15) is 18.0 Å². The number of aromatic amines is 1. The van der Waals surface area contributed by atoms with Gasteiger partial charge in [0.1, 0.15) is 5.69 Å². The number of pyridine rings is 1. The summed E-state index contributed by atoms with van der Waals surface area (Å²) < 4.78 is 48.2. The molecule has 8 heteroatoms. The highest BCUT2D eigenvalue weighted by molar-refractivity contribution is 6.08. The van der Waals surface area contributed by atoms with Gasteiger partial charge in [0.2, 0.25) is 0 Å². The Kier molecular flexibility index (Phi) is 4.47. The van der Waals surface area contributed by atoms with Crippen LogP contribution in [0.4, 0.5) is 13.2 Å². The summed E-state index contributed by atoms with van der Waals surface area (Å²) in [6.07, 6.45) is -2.79. The topological polar surface area (TPSA) is 59.0 Å². The first-order valence-corrected chi connectivity index (χ1v) is 8.92. The molecule has 1 saturated heterocycles. The highest BCUT2D eigenvalue weighted by atomic mass is 19.4. The number of morpholine rings is 1. The van der Waals surface area contributed by atoms with Crippen LogP contribution in [-0.2, 0) is 17.5 Å². The molecular weight excluding hydrogens is 359 g/mol. The van der Waals surface area contributed by atoms with E-state index in [4.69, 9.17) is 4.74 Å². The zero-order valence-electron chi connectivity index (χ0n) is 14.8. The quantitative estimate of drug-likeness (QED) is 0.734. The number of hydrogen-bond donors (Lipinski definition) is 2. The standard InChI is InChI=1S/C19H20F3N3O2/c1-11-16(27-9-7-23-11)5-8-25-15-10-12(26)2-3-13(15)14-4-6-24-18(17(14)25)19(20,21)22/h2-4,6,10-11,16,23-24H,5,7-9H2,1H3. The lowest BCUT2D eigenvalue weighted by Crippen LogP contribution is -2.46. The maximum absolute atomic E-state index is 13.6. The minimum absolute atomic E-state index is 0.0713. The van der Waals surface area contributed by atoms with Crippen molar-refractivity contribution in [2.45, 2.75) is 38.2 Å².